The second kappa shape index (κ2) is 6.74. The van der Waals surface area contributed by atoms with E-state index in [4.69, 9.17) is 4.74 Å². The van der Waals surface area contributed by atoms with Gasteiger partial charge in [-0.1, -0.05) is 6.92 Å². The van der Waals surface area contributed by atoms with Crippen molar-refractivity contribution in [2.75, 3.05) is 20.3 Å². The highest BCUT2D eigenvalue weighted by Gasteiger charge is 2.62. The van der Waals surface area contributed by atoms with Crippen LogP contribution in [0.3, 0.4) is 0 Å². The van der Waals surface area contributed by atoms with Crippen molar-refractivity contribution in [3.8, 4) is 0 Å². The molecule has 26 heavy (non-hydrogen) atoms. The first-order valence-corrected chi connectivity index (χ1v) is 11.2. The van der Waals surface area contributed by atoms with Crippen LogP contribution in [0.1, 0.15) is 78.1 Å². The monoisotopic (exact) mass is 364 g/mol. The zero-order valence-electron chi connectivity index (χ0n) is 17.2. The minimum atomic E-state index is -0.475. The van der Waals surface area contributed by atoms with Gasteiger partial charge in [-0.3, -0.25) is 0 Å². The fourth-order valence-corrected chi connectivity index (χ4v) is 8.52. The third-order valence-electron chi connectivity index (χ3n) is 9.74. The van der Waals surface area contributed by atoms with E-state index in [1.807, 2.05) is 14.0 Å². The molecule has 0 aromatic heterocycles. The number of aliphatic hydroxyl groups excluding tert-OH is 1. The van der Waals surface area contributed by atoms with Crippen LogP contribution in [0.5, 0.6) is 0 Å². The Hall–Kier alpha value is -0.120. The molecular weight excluding hydrogens is 324 g/mol. The molecule has 0 aliphatic heterocycles. The first kappa shape index (κ1) is 19.2. The van der Waals surface area contributed by atoms with Crippen molar-refractivity contribution in [1.82, 2.24) is 0 Å². The Labute approximate surface area is 159 Å². The van der Waals surface area contributed by atoms with Gasteiger partial charge in [0.15, 0.2) is 0 Å². The summed E-state index contributed by atoms with van der Waals surface area (Å²) in [7, 11) is 1.88. The van der Waals surface area contributed by atoms with E-state index >= 15 is 0 Å². The summed E-state index contributed by atoms with van der Waals surface area (Å²) < 4.78 is 5.84. The van der Waals surface area contributed by atoms with Crippen LogP contribution in [-0.4, -0.2) is 36.1 Å². The lowest BCUT2D eigenvalue weighted by atomic mass is 9.43. The van der Waals surface area contributed by atoms with Crippen molar-refractivity contribution in [2.24, 2.45) is 40.4 Å². The summed E-state index contributed by atoms with van der Waals surface area (Å²) in [6.07, 6.45) is 12.0. The van der Waals surface area contributed by atoms with Crippen LogP contribution in [-0.2, 0) is 4.74 Å². The van der Waals surface area contributed by atoms with Crippen molar-refractivity contribution < 1.29 is 14.9 Å². The summed E-state index contributed by atoms with van der Waals surface area (Å²) in [5, 5.41) is 20.3. The predicted octanol–water partition coefficient (Wildman–Crippen LogP) is 4.41. The van der Waals surface area contributed by atoms with Crippen LogP contribution in [0.15, 0.2) is 0 Å². The third kappa shape index (κ3) is 2.79. The van der Waals surface area contributed by atoms with Crippen LogP contribution in [0.4, 0.5) is 0 Å². The summed E-state index contributed by atoms with van der Waals surface area (Å²) in [5.41, 5.74) is 0.277. The molecule has 4 fully saturated rings. The second-order valence-corrected chi connectivity index (χ2v) is 10.8. The van der Waals surface area contributed by atoms with Gasteiger partial charge in [0.1, 0.15) is 0 Å². The molecule has 0 saturated heterocycles. The quantitative estimate of drug-likeness (QED) is 0.777. The predicted molar refractivity (Wildman–Crippen MR) is 104 cm³/mol. The summed E-state index contributed by atoms with van der Waals surface area (Å²) in [4.78, 5) is 0. The smallest absolute Gasteiger partial charge is 0.0622 e. The molecule has 0 aromatic carbocycles. The van der Waals surface area contributed by atoms with E-state index in [2.05, 4.69) is 6.92 Å². The average Bonchev–Trinajstić information content (AvgIpc) is 2.92. The van der Waals surface area contributed by atoms with Crippen molar-refractivity contribution in [3.05, 3.63) is 0 Å². The van der Waals surface area contributed by atoms with Gasteiger partial charge in [0.25, 0.3) is 0 Å². The normalized spacial score (nSPS) is 53.7. The van der Waals surface area contributed by atoms with Crippen molar-refractivity contribution in [3.63, 3.8) is 0 Å². The molecule has 150 valence electrons. The number of fused-ring (bicyclic) bond motifs is 5. The van der Waals surface area contributed by atoms with Crippen molar-refractivity contribution >= 4 is 0 Å². The van der Waals surface area contributed by atoms with E-state index in [1.54, 1.807) is 0 Å². The largest absolute Gasteiger partial charge is 0.396 e. The maximum absolute atomic E-state index is 10.7. The minimum absolute atomic E-state index is 0.302. The topological polar surface area (TPSA) is 49.7 Å². The number of methoxy groups -OCH3 is 1. The average molecular weight is 365 g/mol. The number of aliphatic hydroxyl groups is 2. The first-order chi connectivity index (χ1) is 12.4. The number of ether oxygens (including phenoxy) is 1. The highest BCUT2D eigenvalue weighted by Crippen LogP contribution is 2.68. The van der Waals surface area contributed by atoms with Gasteiger partial charge < -0.3 is 14.9 Å². The fraction of sp³-hybridized carbons (Fsp3) is 1.00. The van der Waals surface area contributed by atoms with E-state index in [-0.39, 0.29) is 0 Å². The Morgan fingerprint density at radius 1 is 0.962 bits per heavy atom. The van der Waals surface area contributed by atoms with E-state index < -0.39 is 5.60 Å². The lowest BCUT2D eigenvalue weighted by Gasteiger charge is -2.62. The molecule has 0 bridgehead atoms. The summed E-state index contributed by atoms with van der Waals surface area (Å²) >= 11 is 0. The van der Waals surface area contributed by atoms with E-state index in [9.17, 15) is 10.2 Å². The van der Waals surface area contributed by atoms with Gasteiger partial charge >= 0.3 is 0 Å². The molecule has 0 amide bonds. The number of hydrogen-bond donors (Lipinski definition) is 2. The SMILES string of the molecule is COCC12CCC(C)(O)CC1CCC1C3CCC(CCO)C3(C)CCC12. The lowest BCUT2D eigenvalue weighted by Crippen LogP contribution is -2.58. The standard InChI is InChI=1S/C23H40O3/c1-21(25)11-12-23(15-26-3)17(14-21)4-6-18-19-7-5-16(9-13-24)22(19,2)10-8-20(18)23/h16-20,24-25H,4-15H2,1-3H3. The molecule has 4 saturated carbocycles. The van der Waals surface area contributed by atoms with Crippen LogP contribution in [0.2, 0.25) is 0 Å². The Kier molecular flexibility index (Phi) is 4.98. The van der Waals surface area contributed by atoms with E-state index in [0.29, 0.717) is 23.4 Å². The van der Waals surface area contributed by atoms with Crippen molar-refractivity contribution in [2.45, 2.75) is 83.7 Å². The molecular formula is C23H40O3. The summed E-state index contributed by atoms with van der Waals surface area (Å²) in [5.74, 6) is 3.82. The van der Waals surface area contributed by atoms with E-state index in [1.165, 1.54) is 38.5 Å². The molecule has 0 aromatic rings. The Balaban J connectivity index is 1.62. The highest BCUT2D eigenvalue weighted by atomic mass is 16.5. The lowest BCUT2D eigenvalue weighted by molar-refractivity contribution is -0.174. The van der Waals surface area contributed by atoms with Gasteiger partial charge in [-0.2, -0.15) is 0 Å². The van der Waals surface area contributed by atoms with Gasteiger partial charge in [-0.05, 0) is 112 Å². The fourth-order valence-electron chi connectivity index (χ4n) is 8.52. The number of hydrogen-bond acceptors (Lipinski definition) is 3. The second-order valence-electron chi connectivity index (χ2n) is 10.8. The Morgan fingerprint density at radius 3 is 2.50 bits per heavy atom. The van der Waals surface area contributed by atoms with Gasteiger partial charge in [-0.25, -0.2) is 0 Å². The first-order valence-electron chi connectivity index (χ1n) is 11.2. The van der Waals surface area contributed by atoms with Crippen molar-refractivity contribution in [1.29, 1.82) is 0 Å². The molecule has 3 heteroatoms. The highest BCUT2D eigenvalue weighted by molar-refractivity contribution is 5.11. The van der Waals surface area contributed by atoms with Crippen LogP contribution in [0, 0.1) is 40.4 Å². The molecule has 0 radical (unpaired) electrons. The molecule has 8 atom stereocenters. The summed E-state index contributed by atoms with van der Waals surface area (Å²) in [6, 6.07) is 0. The van der Waals surface area contributed by atoms with Crippen LogP contribution < -0.4 is 0 Å². The molecule has 4 aliphatic rings. The molecule has 4 rings (SSSR count). The zero-order valence-corrected chi connectivity index (χ0v) is 17.2. The molecule has 4 aliphatic carbocycles. The van der Waals surface area contributed by atoms with E-state index in [0.717, 1.165) is 56.0 Å². The van der Waals surface area contributed by atoms with Crippen LogP contribution in [0.25, 0.3) is 0 Å². The maximum Gasteiger partial charge on any atom is 0.0622 e. The minimum Gasteiger partial charge on any atom is -0.396 e. The molecule has 2 N–H and O–H groups in total. The van der Waals surface area contributed by atoms with Gasteiger partial charge in [-0.15, -0.1) is 0 Å². The molecule has 0 spiro atoms. The Morgan fingerprint density at radius 2 is 1.77 bits per heavy atom. The van der Waals surface area contributed by atoms with Gasteiger partial charge in [0, 0.05) is 13.7 Å². The molecule has 8 unspecified atom stereocenters. The zero-order chi connectivity index (χ0) is 18.6. The third-order valence-corrected chi connectivity index (χ3v) is 9.74. The van der Waals surface area contributed by atoms with Gasteiger partial charge in [0.05, 0.1) is 12.2 Å². The molecule has 3 nitrogen and oxygen atoms in total. The maximum atomic E-state index is 10.7. The summed E-state index contributed by atoms with van der Waals surface area (Å²) in [6.45, 7) is 5.83. The van der Waals surface area contributed by atoms with Gasteiger partial charge in [0.2, 0.25) is 0 Å². The Bertz CT molecular complexity index is 518. The molecule has 0 heterocycles. The number of rotatable bonds is 4. The van der Waals surface area contributed by atoms with Crippen LogP contribution >= 0.6 is 0 Å².